The largest absolute Gasteiger partial charge is 0.417 e. The molecule has 8 aromatic rings. The van der Waals surface area contributed by atoms with Crippen LogP contribution in [0.5, 0.6) is 0 Å². The first-order valence-electron chi connectivity index (χ1n) is 16.0. The Kier molecular flexibility index (Phi) is 7.65. The standard InChI is InChI=1S/C44H29F3N2/c45-44(46,47)34-25-28-41(48-29-34)49(35-13-5-2-6-14-35)36-26-23-33(24-27-36)43-39-17-9-7-15-37(39)42(38-16-8-10-18-40(38)43)32-21-19-31(20-22-32)30-11-3-1-4-12-30/h1-29H. The lowest BCUT2D eigenvalue weighted by molar-refractivity contribution is -0.137. The summed E-state index contributed by atoms with van der Waals surface area (Å²) in [6, 6.07) is 56.4. The molecule has 0 bridgehead atoms. The van der Waals surface area contributed by atoms with Gasteiger partial charge in [-0.25, -0.2) is 4.98 Å². The smallest absolute Gasteiger partial charge is 0.295 e. The van der Waals surface area contributed by atoms with E-state index in [0.717, 1.165) is 61.9 Å². The van der Waals surface area contributed by atoms with Crippen molar-refractivity contribution in [3.05, 3.63) is 182 Å². The normalized spacial score (nSPS) is 11.6. The van der Waals surface area contributed by atoms with E-state index in [2.05, 4.69) is 114 Å². The topological polar surface area (TPSA) is 16.1 Å². The second-order valence-electron chi connectivity index (χ2n) is 11.9. The number of alkyl halides is 3. The first-order chi connectivity index (χ1) is 24.0. The van der Waals surface area contributed by atoms with Crippen LogP contribution in [0.4, 0.5) is 30.4 Å². The molecule has 7 aromatic carbocycles. The highest BCUT2D eigenvalue weighted by atomic mass is 19.4. The van der Waals surface area contributed by atoms with Crippen molar-refractivity contribution in [1.29, 1.82) is 0 Å². The van der Waals surface area contributed by atoms with Gasteiger partial charge in [-0.1, -0.05) is 133 Å². The van der Waals surface area contributed by atoms with E-state index in [1.54, 1.807) is 0 Å². The molecule has 0 fully saturated rings. The summed E-state index contributed by atoms with van der Waals surface area (Å²) in [5.74, 6) is 0.394. The third kappa shape index (κ3) is 5.70. The number of rotatable bonds is 6. The molecule has 0 aliphatic rings. The predicted octanol–water partition coefficient (Wildman–Crippen LogP) is 12.9. The van der Waals surface area contributed by atoms with Crippen molar-refractivity contribution in [2.45, 2.75) is 6.18 Å². The maximum absolute atomic E-state index is 13.3. The van der Waals surface area contributed by atoms with Crippen molar-refractivity contribution in [2.75, 3.05) is 4.90 Å². The van der Waals surface area contributed by atoms with E-state index in [-0.39, 0.29) is 0 Å². The van der Waals surface area contributed by atoms with Crippen molar-refractivity contribution in [3.63, 3.8) is 0 Å². The van der Waals surface area contributed by atoms with E-state index in [0.29, 0.717) is 5.82 Å². The number of pyridine rings is 1. The number of nitrogens with zero attached hydrogens (tertiary/aromatic N) is 2. The highest BCUT2D eigenvalue weighted by Crippen LogP contribution is 2.45. The van der Waals surface area contributed by atoms with Crippen molar-refractivity contribution < 1.29 is 13.2 Å². The SMILES string of the molecule is FC(F)(F)c1ccc(N(c2ccccc2)c2ccc(-c3c4ccccc4c(-c4ccc(-c5ccccc5)cc4)c4ccccc34)cc2)nc1. The van der Waals surface area contributed by atoms with Crippen molar-refractivity contribution in [1.82, 2.24) is 4.98 Å². The zero-order valence-corrected chi connectivity index (χ0v) is 26.3. The van der Waals surface area contributed by atoms with Gasteiger partial charge in [0.25, 0.3) is 0 Å². The molecule has 8 rings (SSSR count). The number of benzene rings is 7. The molecule has 0 radical (unpaired) electrons. The minimum absolute atomic E-state index is 0.394. The number of hydrogen-bond donors (Lipinski definition) is 0. The molecule has 1 aromatic heterocycles. The molecule has 5 heteroatoms. The third-order valence-corrected chi connectivity index (χ3v) is 8.95. The molecule has 0 saturated carbocycles. The van der Waals surface area contributed by atoms with Crippen LogP contribution >= 0.6 is 0 Å². The van der Waals surface area contributed by atoms with Crippen molar-refractivity contribution in [2.24, 2.45) is 0 Å². The third-order valence-electron chi connectivity index (χ3n) is 8.95. The molecular weight excluding hydrogens is 613 g/mol. The Bertz CT molecular complexity index is 2330. The van der Waals surface area contributed by atoms with Gasteiger partial charge in [0, 0.05) is 17.6 Å². The Hall–Kier alpha value is -6.20. The highest BCUT2D eigenvalue weighted by Gasteiger charge is 2.31. The van der Waals surface area contributed by atoms with Gasteiger partial charge >= 0.3 is 6.18 Å². The summed E-state index contributed by atoms with van der Waals surface area (Å²) in [5, 5.41) is 4.60. The molecule has 0 spiro atoms. The van der Waals surface area contributed by atoms with Gasteiger partial charge in [0.1, 0.15) is 5.82 Å². The van der Waals surface area contributed by atoms with Gasteiger partial charge in [-0.3, -0.25) is 4.90 Å². The molecule has 0 aliphatic heterocycles. The molecule has 0 aliphatic carbocycles. The Morgan fingerprint density at radius 2 is 0.796 bits per heavy atom. The van der Waals surface area contributed by atoms with E-state index in [4.69, 9.17) is 0 Å². The van der Waals surface area contributed by atoms with Crippen LogP contribution in [0.3, 0.4) is 0 Å². The van der Waals surface area contributed by atoms with Crippen LogP contribution < -0.4 is 4.90 Å². The number of fused-ring (bicyclic) bond motifs is 2. The second kappa shape index (κ2) is 12.4. The number of anilines is 3. The first-order valence-corrected chi connectivity index (χ1v) is 16.0. The second-order valence-corrected chi connectivity index (χ2v) is 11.9. The fourth-order valence-electron chi connectivity index (χ4n) is 6.66. The predicted molar refractivity (Wildman–Crippen MR) is 195 cm³/mol. The summed E-state index contributed by atoms with van der Waals surface area (Å²) in [4.78, 5) is 6.09. The highest BCUT2D eigenvalue weighted by molar-refractivity contribution is 6.21. The zero-order chi connectivity index (χ0) is 33.4. The quantitative estimate of drug-likeness (QED) is 0.168. The average molecular weight is 643 g/mol. The van der Waals surface area contributed by atoms with Gasteiger partial charge in [0.2, 0.25) is 0 Å². The zero-order valence-electron chi connectivity index (χ0n) is 26.3. The van der Waals surface area contributed by atoms with Crippen molar-refractivity contribution >= 4 is 38.7 Å². The van der Waals surface area contributed by atoms with Crippen LogP contribution in [-0.2, 0) is 6.18 Å². The lowest BCUT2D eigenvalue weighted by Crippen LogP contribution is -2.13. The maximum atomic E-state index is 13.3. The molecule has 0 amide bonds. The summed E-state index contributed by atoms with van der Waals surface area (Å²) in [5.41, 5.74) is 7.65. The Labute approximate surface area is 282 Å². The molecule has 0 saturated heterocycles. The van der Waals surface area contributed by atoms with Gasteiger partial charge in [0.05, 0.1) is 5.56 Å². The summed E-state index contributed by atoms with van der Waals surface area (Å²) >= 11 is 0. The first kappa shape index (κ1) is 30.2. The van der Waals surface area contributed by atoms with Crippen LogP contribution in [0.15, 0.2) is 176 Å². The van der Waals surface area contributed by atoms with E-state index in [1.807, 2.05) is 53.4 Å². The van der Waals surface area contributed by atoms with E-state index in [9.17, 15) is 13.2 Å². The Morgan fingerprint density at radius 1 is 0.388 bits per heavy atom. The molecular formula is C44H29F3N2. The summed E-state index contributed by atoms with van der Waals surface area (Å²) in [7, 11) is 0. The van der Waals surface area contributed by atoms with Crippen LogP contribution in [0, 0.1) is 0 Å². The number of hydrogen-bond acceptors (Lipinski definition) is 2. The molecule has 49 heavy (non-hydrogen) atoms. The molecule has 0 unspecified atom stereocenters. The Morgan fingerprint density at radius 3 is 1.27 bits per heavy atom. The molecule has 236 valence electrons. The van der Waals surface area contributed by atoms with Crippen molar-refractivity contribution in [3.8, 4) is 33.4 Å². The number of halogens is 3. The number of para-hydroxylation sites is 1. The monoisotopic (exact) mass is 642 g/mol. The fraction of sp³-hybridized carbons (Fsp3) is 0.0227. The maximum Gasteiger partial charge on any atom is 0.417 e. The molecule has 1 heterocycles. The summed E-state index contributed by atoms with van der Waals surface area (Å²) in [6.45, 7) is 0. The minimum atomic E-state index is -4.46. The van der Waals surface area contributed by atoms with Crippen LogP contribution in [0.2, 0.25) is 0 Å². The summed E-state index contributed by atoms with van der Waals surface area (Å²) < 4.78 is 40.0. The van der Waals surface area contributed by atoms with Gasteiger partial charge in [0.15, 0.2) is 0 Å². The molecule has 0 N–H and O–H groups in total. The van der Waals surface area contributed by atoms with Gasteiger partial charge < -0.3 is 0 Å². The van der Waals surface area contributed by atoms with Crippen LogP contribution in [-0.4, -0.2) is 4.98 Å². The lowest BCUT2D eigenvalue weighted by Gasteiger charge is -2.25. The average Bonchev–Trinajstić information content (AvgIpc) is 3.15. The van der Waals surface area contributed by atoms with Gasteiger partial charge in [-0.15, -0.1) is 0 Å². The van der Waals surface area contributed by atoms with Gasteiger partial charge in [-0.2, -0.15) is 13.2 Å². The molecule has 2 nitrogen and oxygen atoms in total. The van der Waals surface area contributed by atoms with E-state index in [1.165, 1.54) is 22.8 Å². The minimum Gasteiger partial charge on any atom is -0.295 e. The summed E-state index contributed by atoms with van der Waals surface area (Å²) in [6.07, 6.45) is -3.58. The number of aromatic nitrogens is 1. The van der Waals surface area contributed by atoms with E-state index >= 15 is 0 Å². The van der Waals surface area contributed by atoms with Crippen LogP contribution in [0.25, 0.3) is 54.9 Å². The van der Waals surface area contributed by atoms with Gasteiger partial charge in [-0.05, 0) is 91.3 Å². The van der Waals surface area contributed by atoms with Crippen LogP contribution in [0.1, 0.15) is 5.56 Å². The lowest BCUT2D eigenvalue weighted by atomic mass is 9.85. The Balaban J connectivity index is 1.25. The fourth-order valence-corrected chi connectivity index (χ4v) is 6.66. The molecule has 0 atom stereocenters. The van der Waals surface area contributed by atoms with E-state index < -0.39 is 11.7 Å².